The van der Waals surface area contributed by atoms with Crippen molar-refractivity contribution in [1.29, 1.82) is 0 Å². The first-order chi connectivity index (χ1) is 8.70. The number of nitrogens with one attached hydrogen (secondary N) is 1. The predicted octanol–water partition coefficient (Wildman–Crippen LogP) is 3.81. The molecule has 0 aromatic carbocycles. The molecule has 1 atom stereocenters. The maximum absolute atomic E-state index is 4.87. The number of aromatic nitrogens is 1. The molecule has 1 unspecified atom stereocenters. The average Bonchev–Trinajstić information content (AvgIpc) is 2.87. The van der Waals surface area contributed by atoms with Gasteiger partial charge in [0, 0.05) is 10.9 Å². The molecule has 1 heterocycles. The summed E-state index contributed by atoms with van der Waals surface area (Å²) in [6.45, 7) is 6.68. The van der Waals surface area contributed by atoms with E-state index in [0.29, 0.717) is 12.1 Å². The Kier molecular flexibility index (Phi) is 5.52. The van der Waals surface area contributed by atoms with Crippen molar-refractivity contribution in [2.24, 2.45) is 0 Å². The van der Waals surface area contributed by atoms with Gasteiger partial charge >= 0.3 is 0 Å². The van der Waals surface area contributed by atoms with Crippen LogP contribution in [0.5, 0.6) is 0 Å². The van der Waals surface area contributed by atoms with Gasteiger partial charge in [0.25, 0.3) is 0 Å². The Labute approximate surface area is 119 Å². The van der Waals surface area contributed by atoms with Crippen LogP contribution in [0.1, 0.15) is 55.2 Å². The van der Waals surface area contributed by atoms with Crippen LogP contribution in [0.15, 0.2) is 0 Å². The van der Waals surface area contributed by atoms with Crippen LogP contribution < -0.4 is 5.32 Å². The normalized spacial score (nSPS) is 16.2. The number of aryl methyl sites for hydroxylation is 2. The van der Waals surface area contributed by atoms with Gasteiger partial charge in [0.15, 0.2) is 0 Å². The summed E-state index contributed by atoms with van der Waals surface area (Å²) in [5, 5.41) is 5.00. The Bertz CT molecular complexity index is 352. The minimum atomic E-state index is 0.458. The van der Waals surface area contributed by atoms with Crippen molar-refractivity contribution < 1.29 is 0 Å². The van der Waals surface area contributed by atoms with Crippen molar-refractivity contribution in [3.63, 3.8) is 0 Å². The second-order valence-electron chi connectivity index (χ2n) is 5.14. The second kappa shape index (κ2) is 6.92. The Balaban J connectivity index is 2.01. The van der Waals surface area contributed by atoms with Gasteiger partial charge in [-0.3, -0.25) is 0 Å². The van der Waals surface area contributed by atoms with Crippen LogP contribution in [0.3, 0.4) is 0 Å². The summed E-state index contributed by atoms with van der Waals surface area (Å²) in [7, 11) is 0. The molecule has 0 bridgehead atoms. The highest BCUT2D eigenvalue weighted by atomic mass is 32.2. The lowest BCUT2D eigenvalue weighted by Gasteiger charge is -2.19. The Hall–Kier alpha value is -0.0600. The molecule has 4 heteroatoms. The highest BCUT2D eigenvalue weighted by molar-refractivity contribution is 7.99. The van der Waals surface area contributed by atoms with Crippen LogP contribution in [0.2, 0.25) is 0 Å². The van der Waals surface area contributed by atoms with Crippen LogP contribution in [0.4, 0.5) is 0 Å². The van der Waals surface area contributed by atoms with Crippen LogP contribution in [-0.2, 0) is 12.8 Å². The molecule has 1 aromatic heterocycles. The molecule has 1 N–H and O–H groups in total. The molecule has 0 amide bonds. The summed E-state index contributed by atoms with van der Waals surface area (Å²) in [6.07, 6.45) is 4.96. The fraction of sp³-hybridized carbons (Fsp3) is 0.786. The maximum atomic E-state index is 4.87. The number of nitrogens with zero attached hydrogens (tertiary/aromatic N) is 1. The number of hydrogen-bond acceptors (Lipinski definition) is 4. The molecule has 18 heavy (non-hydrogen) atoms. The van der Waals surface area contributed by atoms with Gasteiger partial charge in [-0.25, -0.2) is 4.98 Å². The smallest absolute Gasteiger partial charge is 0.110 e. The zero-order chi connectivity index (χ0) is 13.0. The summed E-state index contributed by atoms with van der Waals surface area (Å²) in [5.41, 5.74) is 1.38. The van der Waals surface area contributed by atoms with Gasteiger partial charge in [0.1, 0.15) is 5.01 Å². The third-order valence-electron chi connectivity index (χ3n) is 3.20. The molecule has 0 spiro atoms. The van der Waals surface area contributed by atoms with Crippen molar-refractivity contribution in [1.82, 2.24) is 10.3 Å². The van der Waals surface area contributed by atoms with E-state index in [9.17, 15) is 0 Å². The van der Waals surface area contributed by atoms with E-state index < -0.39 is 0 Å². The lowest BCUT2D eigenvalue weighted by molar-refractivity contribution is 0.466. The monoisotopic (exact) mass is 284 g/mol. The van der Waals surface area contributed by atoms with E-state index in [4.69, 9.17) is 4.98 Å². The molecule has 0 aliphatic heterocycles. The summed E-state index contributed by atoms with van der Waals surface area (Å²) in [5.74, 6) is 2.44. The topological polar surface area (TPSA) is 24.9 Å². The minimum absolute atomic E-state index is 0.458. The summed E-state index contributed by atoms with van der Waals surface area (Å²) < 4.78 is 0. The van der Waals surface area contributed by atoms with E-state index in [1.165, 1.54) is 47.9 Å². The molecule has 1 aliphatic carbocycles. The summed E-state index contributed by atoms with van der Waals surface area (Å²) in [6, 6.07) is 0.986. The second-order valence-corrected chi connectivity index (χ2v) is 7.64. The molecule has 0 saturated carbocycles. The Morgan fingerprint density at radius 1 is 1.39 bits per heavy atom. The Morgan fingerprint density at radius 3 is 2.89 bits per heavy atom. The van der Waals surface area contributed by atoms with E-state index in [-0.39, 0.29) is 0 Å². The Morgan fingerprint density at radius 2 is 2.22 bits per heavy atom. The van der Waals surface area contributed by atoms with Crippen molar-refractivity contribution in [3.05, 3.63) is 15.6 Å². The summed E-state index contributed by atoms with van der Waals surface area (Å²) in [4.78, 5) is 6.41. The molecule has 102 valence electrons. The lowest BCUT2D eigenvalue weighted by Crippen LogP contribution is -2.28. The molecular weight excluding hydrogens is 260 g/mol. The van der Waals surface area contributed by atoms with Crippen molar-refractivity contribution in [2.45, 2.75) is 58.5 Å². The zero-order valence-electron chi connectivity index (χ0n) is 11.7. The van der Waals surface area contributed by atoms with Crippen molar-refractivity contribution >= 4 is 23.1 Å². The molecule has 0 radical (unpaired) electrons. The van der Waals surface area contributed by atoms with Crippen LogP contribution in [0, 0.1) is 0 Å². The van der Waals surface area contributed by atoms with Gasteiger partial charge in [-0.1, -0.05) is 20.8 Å². The van der Waals surface area contributed by atoms with E-state index in [2.05, 4.69) is 26.1 Å². The van der Waals surface area contributed by atoms with Gasteiger partial charge in [-0.05, 0) is 37.2 Å². The molecule has 0 fully saturated rings. The molecule has 1 aliphatic rings. The zero-order valence-corrected chi connectivity index (χ0v) is 13.3. The van der Waals surface area contributed by atoms with Crippen LogP contribution in [0.25, 0.3) is 0 Å². The largest absolute Gasteiger partial charge is 0.306 e. The average molecular weight is 284 g/mol. The fourth-order valence-corrected chi connectivity index (χ4v) is 4.32. The number of hydrogen-bond donors (Lipinski definition) is 1. The van der Waals surface area contributed by atoms with Crippen molar-refractivity contribution in [3.8, 4) is 0 Å². The maximum Gasteiger partial charge on any atom is 0.110 e. The van der Waals surface area contributed by atoms with E-state index in [1.54, 1.807) is 4.88 Å². The highest BCUT2D eigenvalue weighted by Gasteiger charge is 2.22. The molecule has 2 rings (SSSR count). The van der Waals surface area contributed by atoms with Crippen LogP contribution >= 0.6 is 23.1 Å². The number of fused-ring (bicyclic) bond motifs is 1. The van der Waals surface area contributed by atoms with E-state index >= 15 is 0 Å². The first kappa shape index (κ1) is 14.4. The molecule has 1 aromatic rings. The van der Waals surface area contributed by atoms with Gasteiger partial charge in [0.05, 0.1) is 11.7 Å². The van der Waals surface area contributed by atoms with Crippen molar-refractivity contribution in [2.75, 3.05) is 11.5 Å². The lowest BCUT2D eigenvalue weighted by atomic mass is 10.2. The molecular formula is C14H24N2S2. The van der Waals surface area contributed by atoms with E-state index in [1.807, 2.05) is 23.1 Å². The first-order valence-corrected chi connectivity index (χ1v) is 9.00. The number of rotatable bonds is 7. The standard InChI is InChI=1S/C14H24N2S2/c1-4-17-9-8-12(15-10(2)3)14-16-11-6-5-7-13(11)18-14/h10,12,15H,4-9H2,1-3H3. The molecule has 2 nitrogen and oxygen atoms in total. The van der Waals surface area contributed by atoms with Crippen LogP contribution in [-0.4, -0.2) is 22.5 Å². The molecule has 0 saturated heterocycles. The summed E-state index contributed by atoms with van der Waals surface area (Å²) >= 11 is 3.97. The van der Waals surface area contributed by atoms with Gasteiger partial charge in [0.2, 0.25) is 0 Å². The number of thiazole rings is 1. The SMILES string of the molecule is CCSCCC(NC(C)C)c1nc2c(s1)CCC2. The van der Waals surface area contributed by atoms with Gasteiger partial charge in [-0.15, -0.1) is 11.3 Å². The predicted molar refractivity (Wildman–Crippen MR) is 82.8 cm³/mol. The van der Waals surface area contributed by atoms with E-state index in [0.717, 1.165) is 0 Å². The van der Waals surface area contributed by atoms with Gasteiger partial charge < -0.3 is 5.32 Å². The highest BCUT2D eigenvalue weighted by Crippen LogP contribution is 2.32. The van der Waals surface area contributed by atoms with Gasteiger partial charge in [-0.2, -0.15) is 11.8 Å². The third kappa shape index (κ3) is 3.72. The minimum Gasteiger partial charge on any atom is -0.306 e. The first-order valence-electron chi connectivity index (χ1n) is 7.03. The quantitative estimate of drug-likeness (QED) is 0.771. The number of thioether (sulfide) groups is 1. The third-order valence-corrected chi connectivity index (χ3v) is 5.40. The fourth-order valence-electron chi connectivity index (χ4n) is 2.39.